The molecule has 35 heavy (non-hydrogen) atoms. The van der Waals surface area contributed by atoms with E-state index in [9.17, 15) is 37.2 Å². The summed E-state index contributed by atoms with van der Waals surface area (Å²) < 4.78 is 29.6. The van der Waals surface area contributed by atoms with Crippen LogP contribution in [-0.2, 0) is 104 Å². The maximum atomic E-state index is 10.5. The van der Waals surface area contributed by atoms with Crippen molar-refractivity contribution in [3.63, 3.8) is 0 Å². The summed E-state index contributed by atoms with van der Waals surface area (Å²) >= 11 is 0. The number of benzene rings is 1. The molecule has 1 aromatic rings. The number of carbonyl (C=O) groups is 4. The summed E-state index contributed by atoms with van der Waals surface area (Å²) in [6.45, 7) is 6.55. The summed E-state index contributed by atoms with van der Waals surface area (Å²) in [5, 5.41) is 8.92. The van der Waals surface area contributed by atoms with Gasteiger partial charge in [-0.05, 0) is 52.7 Å². The van der Waals surface area contributed by atoms with E-state index in [2.05, 4.69) is 0 Å². The number of hydrogen-bond donors (Lipinski definition) is 2. The molecule has 0 spiro atoms. The van der Waals surface area contributed by atoms with Crippen LogP contribution in [0.1, 0.15) is 33.3 Å². The van der Waals surface area contributed by atoms with Crippen molar-refractivity contribution < 1.29 is 118 Å². The van der Waals surface area contributed by atoms with Gasteiger partial charge in [-0.15, -0.1) is 11.6 Å². The Balaban J connectivity index is -0.000000123. The van der Waals surface area contributed by atoms with E-state index in [1.165, 1.54) is 38.6 Å². The average molecular weight is 664 g/mol. The molecule has 2 unspecified atom stereocenters. The number of aryl methyl sites for hydroxylation is 1. The topological polar surface area (TPSA) is 209 Å². The maximum absolute atomic E-state index is 10.5. The van der Waals surface area contributed by atoms with E-state index < -0.39 is 39.5 Å². The molecule has 14 heteroatoms. The van der Waals surface area contributed by atoms with Gasteiger partial charge in [0.2, 0.25) is 0 Å². The van der Waals surface area contributed by atoms with Crippen molar-refractivity contribution in [3.05, 3.63) is 41.5 Å². The van der Waals surface area contributed by atoms with Gasteiger partial charge in [-0.3, -0.25) is 15.6 Å². The smallest absolute Gasteiger partial charge is 0.294 e. The molecule has 2 atom stereocenters. The van der Waals surface area contributed by atoms with Crippen LogP contribution >= 0.6 is 0 Å². The van der Waals surface area contributed by atoms with Crippen molar-refractivity contribution in [2.75, 3.05) is 0 Å². The first-order valence-corrected chi connectivity index (χ1v) is 10.2. The first-order valence-electron chi connectivity index (χ1n) is 8.80. The zero-order valence-electron chi connectivity index (χ0n) is 19.8. The number of allylic oxidation sites excluding steroid dienone is 2. The van der Waals surface area contributed by atoms with Gasteiger partial charge < -0.3 is 34.6 Å². The van der Waals surface area contributed by atoms with Gasteiger partial charge in [0.1, 0.15) is 5.78 Å². The number of aliphatic hydroxyl groups excluding tert-OH is 1. The first kappa shape index (κ1) is 44.0. The molecule has 0 fully saturated rings. The van der Waals surface area contributed by atoms with E-state index in [0.717, 1.165) is 25.5 Å². The van der Waals surface area contributed by atoms with Crippen LogP contribution in [-0.4, -0.2) is 65.4 Å². The largest absolute Gasteiger partial charge is 0.541 e. The van der Waals surface area contributed by atoms with E-state index in [1.807, 2.05) is 6.92 Å². The van der Waals surface area contributed by atoms with Gasteiger partial charge in [-0.25, -0.2) is 0 Å². The third kappa shape index (κ3) is 20.9. The SMILES string of the molecule is CC(=O)/C=C(\[C-]=O)C(C)=O.CC(=O)C(O)C([C-]=O)C(C)=O.Cc1ccc(S(=O)(=O)O)cc1.O.[Y].[Y]. The molecule has 0 saturated heterocycles. The molecule has 11 nitrogen and oxygen atoms in total. The van der Waals surface area contributed by atoms with Gasteiger partial charge in [0.05, 0.1) is 23.1 Å². The fraction of sp³-hybridized carbons (Fsp3) is 0.333. The van der Waals surface area contributed by atoms with Crippen LogP contribution in [0, 0.1) is 12.8 Å². The molecule has 2 radical (unpaired) electrons. The third-order valence-corrected chi connectivity index (χ3v) is 4.32. The van der Waals surface area contributed by atoms with Crippen molar-refractivity contribution in [2.45, 2.75) is 45.6 Å². The summed E-state index contributed by atoms with van der Waals surface area (Å²) in [6, 6.07) is 5.99. The zero-order chi connectivity index (χ0) is 25.6. The zero-order valence-corrected chi connectivity index (χ0v) is 26.3. The number of rotatable bonds is 8. The summed E-state index contributed by atoms with van der Waals surface area (Å²) in [5.41, 5.74) is 0.755. The molecule has 0 heterocycles. The van der Waals surface area contributed by atoms with Crippen molar-refractivity contribution in [1.82, 2.24) is 0 Å². The minimum atomic E-state index is -4.02. The quantitative estimate of drug-likeness (QED) is 0.124. The second kappa shape index (κ2) is 22.2. The van der Waals surface area contributed by atoms with Gasteiger partial charge in [-0.2, -0.15) is 8.42 Å². The van der Waals surface area contributed by atoms with Gasteiger partial charge in [0, 0.05) is 71.2 Å². The standard InChI is InChI=1S/C7H9O4.C7H8O3S.C7H7O3.H2O.2Y/c1-4(9)6(3-8)7(11)5(2)10;1-6-2-4-7(5-3-6)11(8,9)10;1-5(9)3-7(4-8)6(2)10;;;/h6-7,11H,1-2H3;2-5H,1H3,(H,8,9,10);3H,1-2H3;1H2;;/q-1;;-1;;;/b;;7-3+;;;. The predicted molar refractivity (Wildman–Crippen MR) is 116 cm³/mol. The summed E-state index contributed by atoms with van der Waals surface area (Å²) in [6.07, 6.45) is 2.12. The monoisotopic (exact) mass is 664 g/mol. The molecule has 0 aliphatic carbocycles. The Bertz CT molecular complexity index is 985. The Hall–Kier alpha value is -0.982. The van der Waals surface area contributed by atoms with E-state index in [4.69, 9.17) is 9.66 Å². The fourth-order valence-corrected chi connectivity index (χ4v) is 2.20. The molecular formula is C21H26O11SY2-2. The minimum absolute atomic E-state index is 0. The van der Waals surface area contributed by atoms with Crippen LogP contribution in [0.3, 0.4) is 0 Å². The molecule has 0 saturated carbocycles. The van der Waals surface area contributed by atoms with Crippen molar-refractivity contribution in [2.24, 2.45) is 5.92 Å². The molecular weight excluding hydrogens is 638 g/mol. The number of ketones is 4. The van der Waals surface area contributed by atoms with Gasteiger partial charge in [-0.1, -0.05) is 17.7 Å². The fourth-order valence-electron chi connectivity index (χ4n) is 1.72. The van der Waals surface area contributed by atoms with Crippen LogP contribution < -0.4 is 0 Å². The Kier molecular flexibility index (Phi) is 28.0. The van der Waals surface area contributed by atoms with E-state index >= 15 is 0 Å². The van der Waals surface area contributed by atoms with Crippen molar-refractivity contribution in [1.29, 1.82) is 0 Å². The number of hydrogen-bond acceptors (Lipinski definition) is 9. The molecule has 0 aliphatic heterocycles. The van der Waals surface area contributed by atoms with Crippen LogP contribution in [0.5, 0.6) is 0 Å². The van der Waals surface area contributed by atoms with Crippen LogP contribution in [0.4, 0.5) is 0 Å². The van der Waals surface area contributed by atoms with Crippen LogP contribution in [0.25, 0.3) is 0 Å². The number of Topliss-reactive ketones (excluding diaryl/α,β-unsaturated/α-hetero) is 3. The average Bonchev–Trinajstić information content (AvgIpc) is 2.66. The maximum Gasteiger partial charge on any atom is 0.294 e. The molecule has 4 N–H and O–H groups in total. The van der Waals surface area contributed by atoms with E-state index in [0.29, 0.717) is 0 Å². The van der Waals surface area contributed by atoms with Crippen molar-refractivity contribution in [3.8, 4) is 0 Å². The molecule has 0 aliphatic rings. The molecule has 0 aromatic heterocycles. The predicted octanol–water partition coefficient (Wildman–Crippen LogP) is -0.136. The second-order valence-corrected chi connectivity index (χ2v) is 7.80. The number of aliphatic hydroxyl groups is 1. The Morgan fingerprint density at radius 2 is 1.34 bits per heavy atom. The molecule has 190 valence electrons. The van der Waals surface area contributed by atoms with Gasteiger partial charge in [0.25, 0.3) is 10.1 Å². The van der Waals surface area contributed by atoms with E-state index in [-0.39, 0.29) is 87.1 Å². The molecule has 1 rings (SSSR count). The first-order chi connectivity index (χ1) is 14.6. The van der Waals surface area contributed by atoms with E-state index in [1.54, 1.807) is 12.1 Å². The summed E-state index contributed by atoms with van der Waals surface area (Å²) in [7, 11) is -4.02. The Labute approximate surface area is 254 Å². The normalized spacial score (nSPS) is 11.5. The Morgan fingerprint density at radius 3 is 1.51 bits per heavy atom. The van der Waals surface area contributed by atoms with Crippen molar-refractivity contribution >= 4 is 45.8 Å². The molecule has 0 amide bonds. The van der Waals surface area contributed by atoms with Gasteiger partial charge in [0.15, 0.2) is 5.78 Å². The van der Waals surface area contributed by atoms with Crippen LogP contribution in [0.15, 0.2) is 40.8 Å². The van der Waals surface area contributed by atoms with Crippen LogP contribution in [0.2, 0.25) is 0 Å². The summed E-state index contributed by atoms with van der Waals surface area (Å²) in [5.74, 6) is -3.25. The molecule has 0 bridgehead atoms. The third-order valence-electron chi connectivity index (χ3n) is 3.45. The minimum Gasteiger partial charge on any atom is -0.541 e. The Morgan fingerprint density at radius 1 is 0.914 bits per heavy atom. The number of carbonyl (C=O) groups excluding carboxylic acids is 6. The second-order valence-electron chi connectivity index (χ2n) is 6.38. The van der Waals surface area contributed by atoms with Gasteiger partial charge >= 0.3 is 0 Å². The summed E-state index contributed by atoms with van der Waals surface area (Å²) in [4.78, 5) is 61.6. The molecule has 1 aromatic carbocycles.